The Morgan fingerprint density at radius 2 is 1.82 bits per heavy atom. The molecule has 4 heteroatoms. The van der Waals surface area contributed by atoms with Crippen molar-refractivity contribution >= 4 is 11.8 Å². The van der Waals surface area contributed by atoms with Crippen LogP contribution in [0.2, 0.25) is 0 Å². The Labute approximate surface area is 141 Å². The van der Waals surface area contributed by atoms with Gasteiger partial charge in [0.05, 0.1) is 0 Å². The fourth-order valence-corrected chi connectivity index (χ4v) is 5.73. The van der Waals surface area contributed by atoms with Crippen LogP contribution in [0.25, 0.3) is 0 Å². The normalized spacial score (nSPS) is 34.6. The molecule has 0 unspecified atom stereocenters. The Balaban J connectivity index is 1.60. The van der Waals surface area contributed by atoms with E-state index in [0.717, 1.165) is 12.0 Å². The van der Waals surface area contributed by atoms with Crippen molar-refractivity contribution in [1.29, 1.82) is 0 Å². The number of rotatable bonds is 4. The van der Waals surface area contributed by atoms with Crippen LogP contribution in [-0.4, -0.2) is 72.7 Å². The quantitative estimate of drug-likeness (QED) is 0.856. The lowest BCUT2D eigenvalue weighted by Gasteiger charge is -2.49. The van der Waals surface area contributed by atoms with Crippen LogP contribution >= 0.6 is 11.8 Å². The van der Waals surface area contributed by atoms with Gasteiger partial charge in [0.15, 0.2) is 0 Å². The van der Waals surface area contributed by atoms with E-state index in [2.05, 4.69) is 40.8 Å². The minimum absolute atomic E-state index is 0.475. The second kappa shape index (κ2) is 7.87. The van der Waals surface area contributed by atoms with Crippen LogP contribution in [0.3, 0.4) is 0 Å². The minimum Gasteiger partial charge on any atom is -0.312 e. The molecule has 128 valence electrons. The molecule has 0 amide bonds. The van der Waals surface area contributed by atoms with Gasteiger partial charge in [0.1, 0.15) is 0 Å². The Hall–Kier alpha value is 0.230. The number of thioether (sulfide) groups is 1. The number of nitrogens with zero attached hydrogens (tertiary/aromatic N) is 2. The second-order valence-electron chi connectivity index (χ2n) is 7.90. The molecule has 1 N–H and O–H groups in total. The molecule has 3 rings (SSSR count). The third kappa shape index (κ3) is 4.00. The van der Waals surface area contributed by atoms with Crippen LogP contribution in [0, 0.1) is 5.92 Å². The van der Waals surface area contributed by atoms with Gasteiger partial charge in [-0.25, -0.2) is 0 Å². The van der Waals surface area contributed by atoms with E-state index >= 15 is 0 Å². The summed E-state index contributed by atoms with van der Waals surface area (Å²) in [5.41, 5.74) is 0.475. The van der Waals surface area contributed by atoms with Crippen molar-refractivity contribution in [3.63, 3.8) is 0 Å². The second-order valence-corrected chi connectivity index (χ2v) is 9.12. The summed E-state index contributed by atoms with van der Waals surface area (Å²) in [7, 11) is 2.26. The molecule has 0 radical (unpaired) electrons. The molecule has 0 aromatic carbocycles. The van der Waals surface area contributed by atoms with E-state index in [-0.39, 0.29) is 0 Å². The molecule has 2 atom stereocenters. The molecular weight excluding hydrogens is 290 g/mol. The summed E-state index contributed by atoms with van der Waals surface area (Å²) in [6, 6.07) is 0.731. The fraction of sp³-hybridized carbons (Fsp3) is 1.00. The van der Waals surface area contributed by atoms with Crippen LogP contribution < -0.4 is 5.32 Å². The van der Waals surface area contributed by atoms with Crippen molar-refractivity contribution in [2.45, 2.75) is 57.0 Å². The van der Waals surface area contributed by atoms with E-state index in [1.165, 1.54) is 82.8 Å². The summed E-state index contributed by atoms with van der Waals surface area (Å²) in [6.45, 7) is 8.81. The van der Waals surface area contributed by atoms with Crippen LogP contribution in [0.5, 0.6) is 0 Å². The molecule has 3 fully saturated rings. The minimum atomic E-state index is 0.475. The molecule has 2 aliphatic heterocycles. The Morgan fingerprint density at radius 1 is 1.09 bits per heavy atom. The first-order chi connectivity index (χ1) is 10.7. The zero-order valence-electron chi connectivity index (χ0n) is 14.6. The van der Waals surface area contributed by atoms with Crippen molar-refractivity contribution in [3.8, 4) is 0 Å². The van der Waals surface area contributed by atoms with Gasteiger partial charge in [-0.1, -0.05) is 26.2 Å². The monoisotopic (exact) mass is 325 g/mol. The van der Waals surface area contributed by atoms with Gasteiger partial charge in [-0.2, -0.15) is 11.8 Å². The van der Waals surface area contributed by atoms with Crippen LogP contribution in [-0.2, 0) is 0 Å². The highest BCUT2D eigenvalue weighted by atomic mass is 32.2. The Bertz CT molecular complexity index is 337. The van der Waals surface area contributed by atoms with Crippen molar-refractivity contribution < 1.29 is 0 Å². The average molecular weight is 326 g/mol. The molecule has 1 saturated carbocycles. The maximum atomic E-state index is 4.02. The zero-order chi connectivity index (χ0) is 15.4. The molecule has 2 heterocycles. The number of nitrogens with one attached hydrogen (secondary N) is 1. The molecule has 1 aliphatic carbocycles. The van der Waals surface area contributed by atoms with Crippen LogP contribution in [0.4, 0.5) is 0 Å². The Morgan fingerprint density at radius 3 is 2.50 bits per heavy atom. The average Bonchev–Trinajstić information content (AvgIpc) is 2.56. The molecule has 0 aromatic rings. The smallest absolute Gasteiger partial charge is 0.0334 e. The van der Waals surface area contributed by atoms with Gasteiger partial charge >= 0.3 is 0 Å². The number of piperidine rings is 1. The third-order valence-corrected chi connectivity index (χ3v) is 7.21. The summed E-state index contributed by atoms with van der Waals surface area (Å²) in [5.74, 6) is 3.47. The van der Waals surface area contributed by atoms with E-state index in [9.17, 15) is 0 Å². The van der Waals surface area contributed by atoms with Gasteiger partial charge in [0.2, 0.25) is 0 Å². The van der Waals surface area contributed by atoms with Crippen molar-refractivity contribution in [2.24, 2.45) is 5.92 Å². The third-order valence-electron chi connectivity index (χ3n) is 6.27. The Kier molecular flexibility index (Phi) is 6.10. The first-order valence-electron chi connectivity index (χ1n) is 9.44. The SMILES string of the molecule is C[C@@H]1CN(C)CC[C@@H]1NCC1(N2CCSCC2)CCCCC1. The molecule has 0 spiro atoms. The first kappa shape index (κ1) is 17.1. The molecule has 0 aromatic heterocycles. The molecule has 3 aliphatic rings. The number of likely N-dealkylation sites (tertiary alicyclic amines) is 1. The number of hydrogen-bond donors (Lipinski definition) is 1. The fourth-order valence-electron chi connectivity index (χ4n) is 4.83. The van der Waals surface area contributed by atoms with E-state index in [0.29, 0.717) is 5.54 Å². The predicted molar refractivity (Wildman–Crippen MR) is 97.8 cm³/mol. The highest BCUT2D eigenvalue weighted by Crippen LogP contribution is 2.35. The van der Waals surface area contributed by atoms with E-state index < -0.39 is 0 Å². The molecule has 3 nitrogen and oxygen atoms in total. The van der Waals surface area contributed by atoms with E-state index in [4.69, 9.17) is 0 Å². The summed E-state index contributed by atoms with van der Waals surface area (Å²) < 4.78 is 0. The lowest BCUT2D eigenvalue weighted by molar-refractivity contribution is 0.0496. The molecule has 0 bridgehead atoms. The zero-order valence-corrected chi connectivity index (χ0v) is 15.5. The first-order valence-corrected chi connectivity index (χ1v) is 10.6. The van der Waals surface area contributed by atoms with E-state index in [1.807, 2.05) is 0 Å². The molecule has 22 heavy (non-hydrogen) atoms. The maximum Gasteiger partial charge on any atom is 0.0334 e. The summed E-state index contributed by atoms with van der Waals surface area (Å²) in [4.78, 5) is 5.34. The molecule has 2 saturated heterocycles. The van der Waals surface area contributed by atoms with Crippen molar-refractivity contribution in [3.05, 3.63) is 0 Å². The van der Waals surface area contributed by atoms with Gasteiger partial charge in [0.25, 0.3) is 0 Å². The number of hydrogen-bond acceptors (Lipinski definition) is 4. The largest absolute Gasteiger partial charge is 0.312 e. The van der Waals surface area contributed by atoms with Crippen LogP contribution in [0.15, 0.2) is 0 Å². The van der Waals surface area contributed by atoms with Gasteiger partial charge in [-0.3, -0.25) is 4.90 Å². The summed E-state index contributed by atoms with van der Waals surface area (Å²) in [6.07, 6.45) is 8.50. The van der Waals surface area contributed by atoms with Gasteiger partial charge in [-0.05, 0) is 38.8 Å². The summed E-state index contributed by atoms with van der Waals surface area (Å²) in [5, 5.41) is 4.02. The highest BCUT2D eigenvalue weighted by molar-refractivity contribution is 7.99. The summed E-state index contributed by atoms with van der Waals surface area (Å²) >= 11 is 2.14. The topological polar surface area (TPSA) is 18.5 Å². The standard InChI is InChI=1S/C18H35N3S/c1-16-14-20(2)9-6-17(16)19-15-18(7-4-3-5-8-18)21-10-12-22-13-11-21/h16-17,19H,3-15H2,1-2H3/t16-,17+/m1/s1. The lowest BCUT2D eigenvalue weighted by atomic mass is 9.79. The highest BCUT2D eigenvalue weighted by Gasteiger charge is 2.39. The van der Waals surface area contributed by atoms with E-state index in [1.54, 1.807) is 0 Å². The van der Waals surface area contributed by atoms with Crippen molar-refractivity contribution in [1.82, 2.24) is 15.1 Å². The van der Waals surface area contributed by atoms with Crippen molar-refractivity contribution in [2.75, 3.05) is 51.3 Å². The van der Waals surface area contributed by atoms with Gasteiger partial charge in [0, 0.05) is 49.3 Å². The van der Waals surface area contributed by atoms with Crippen LogP contribution in [0.1, 0.15) is 45.4 Å². The predicted octanol–water partition coefficient (Wildman–Crippen LogP) is 2.67. The molecular formula is C18H35N3S. The van der Waals surface area contributed by atoms with Gasteiger partial charge in [-0.15, -0.1) is 0 Å². The van der Waals surface area contributed by atoms with Gasteiger partial charge < -0.3 is 10.2 Å². The lowest BCUT2D eigenvalue weighted by Crippen LogP contribution is -2.60. The maximum absolute atomic E-state index is 4.02.